The molecule has 2 heterocycles. The van der Waals surface area contributed by atoms with Crippen molar-refractivity contribution in [3.63, 3.8) is 0 Å². The Hall–Kier alpha value is -7.48. The minimum absolute atomic E-state index is 0.0782. The molecule has 0 aliphatic carbocycles. The summed E-state index contributed by atoms with van der Waals surface area (Å²) >= 11 is 6.42. The second-order valence-corrected chi connectivity index (χ2v) is 14.9. The Kier molecular flexibility index (Phi) is 14.1. The Morgan fingerprint density at radius 1 is 0.778 bits per heavy atom. The molecule has 0 amide bonds. The van der Waals surface area contributed by atoms with Gasteiger partial charge in [0.1, 0.15) is 18.0 Å². The van der Waals surface area contributed by atoms with Gasteiger partial charge in [-0.25, -0.2) is 14.5 Å². The fourth-order valence-electron chi connectivity index (χ4n) is 7.68. The number of unbranched alkanes of at least 4 members (excludes halogenated alkanes) is 1. The third kappa shape index (κ3) is 9.70. The van der Waals surface area contributed by atoms with E-state index in [9.17, 15) is 20.0 Å². The van der Waals surface area contributed by atoms with Crippen molar-refractivity contribution in [3.05, 3.63) is 224 Å². The van der Waals surface area contributed by atoms with Crippen LogP contribution in [0, 0.1) is 10.1 Å². The van der Waals surface area contributed by atoms with Gasteiger partial charge in [-0.15, -0.1) is 15.2 Å². The minimum atomic E-state index is -1.08. The normalized spacial score (nSPS) is 11.1. The highest BCUT2D eigenvalue weighted by atomic mass is 35.5. The third-order valence-corrected chi connectivity index (χ3v) is 11.0. The average molecular weight is 862 g/mol. The molecule has 0 radical (unpaired) electrons. The van der Waals surface area contributed by atoms with Gasteiger partial charge in [-0.1, -0.05) is 177 Å². The van der Waals surface area contributed by atoms with E-state index in [-0.39, 0.29) is 18.8 Å². The number of aromatic carboxylic acids is 1. The first-order chi connectivity index (χ1) is 30.7. The summed E-state index contributed by atoms with van der Waals surface area (Å²) in [5.74, 6) is 0.473. The van der Waals surface area contributed by atoms with E-state index in [4.69, 9.17) is 27.0 Å². The number of halogens is 1. The number of carboxylic acids is 1. The summed E-state index contributed by atoms with van der Waals surface area (Å²) < 4.78 is 4.02. The summed E-state index contributed by atoms with van der Waals surface area (Å²) in [4.78, 5) is 29.0. The number of tetrazole rings is 1. The molecule has 13 nitrogen and oxygen atoms in total. The second kappa shape index (κ2) is 20.4. The van der Waals surface area contributed by atoms with Gasteiger partial charge in [0.15, 0.2) is 11.0 Å². The first-order valence-electron chi connectivity index (χ1n) is 20.3. The van der Waals surface area contributed by atoms with E-state index in [1.165, 1.54) is 18.2 Å². The topological polar surface area (TPSA) is 171 Å². The van der Waals surface area contributed by atoms with Crippen LogP contribution in [-0.2, 0) is 36.6 Å². The largest absolute Gasteiger partial charge is 0.478 e. The Morgan fingerprint density at radius 2 is 1.37 bits per heavy atom. The molecule has 8 rings (SSSR count). The van der Waals surface area contributed by atoms with Crippen molar-refractivity contribution < 1.29 is 24.9 Å². The molecular formula is C49H44ClN7O6. The number of benzene rings is 6. The van der Waals surface area contributed by atoms with Crippen molar-refractivity contribution in [1.29, 1.82) is 0 Å². The lowest BCUT2D eigenvalue weighted by Gasteiger charge is -2.36. The average Bonchev–Trinajstić information content (AvgIpc) is 3.93. The van der Waals surface area contributed by atoms with Crippen molar-refractivity contribution in [2.45, 2.75) is 51.5 Å². The van der Waals surface area contributed by atoms with Crippen LogP contribution in [0.5, 0.6) is 0 Å². The minimum Gasteiger partial charge on any atom is -0.478 e. The van der Waals surface area contributed by atoms with E-state index in [2.05, 4.69) is 131 Å². The monoisotopic (exact) mass is 861 g/mol. The summed E-state index contributed by atoms with van der Waals surface area (Å²) in [5, 5.41) is 41.7. The Balaban J connectivity index is 0.000000363. The first kappa shape index (κ1) is 43.6. The summed E-state index contributed by atoms with van der Waals surface area (Å²) in [7, 11) is 0. The van der Waals surface area contributed by atoms with Crippen molar-refractivity contribution in [2.75, 3.05) is 0 Å². The van der Waals surface area contributed by atoms with E-state index < -0.39 is 16.6 Å². The highest BCUT2D eigenvalue weighted by molar-refractivity contribution is 6.30. The van der Waals surface area contributed by atoms with Gasteiger partial charge in [-0.3, -0.25) is 0 Å². The van der Waals surface area contributed by atoms with E-state index >= 15 is 0 Å². The second-order valence-electron chi connectivity index (χ2n) is 14.6. The fourth-order valence-corrected chi connectivity index (χ4v) is 7.94. The van der Waals surface area contributed by atoms with Gasteiger partial charge in [0.25, 0.3) is 5.09 Å². The third-order valence-electron chi connectivity index (χ3n) is 10.7. The smallest absolute Gasteiger partial charge is 0.335 e. The quantitative estimate of drug-likeness (QED) is 0.0541. The zero-order valence-corrected chi connectivity index (χ0v) is 35.1. The van der Waals surface area contributed by atoms with Gasteiger partial charge in [-0.05, 0) is 67.9 Å². The van der Waals surface area contributed by atoms with Crippen molar-refractivity contribution in [3.8, 4) is 22.5 Å². The Labute approximate surface area is 369 Å². The summed E-state index contributed by atoms with van der Waals surface area (Å²) in [5.41, 5.74) is 7.50. The number of nitrogens with zero attached hydrogens (tertiary/aromatic N) is 7. The fraction of sp³-hybridized carbons (Fsp3) is 0.163. The van der Waals surface area contributed by atoms with Crippen LogP contribution in [0.25, 0.3) is 22.5 Å². The number of aliphatic hydroxyl groups is 1. The number of aryl methyl sites for hydroxylation is 1. The molecule has 0 unspecified atom stereocenters. The molecule has 0 aliphatic rings. The number of aliphatic hydroxyl groups excluding tert-OH is 1. The molecule has 0 saturated carbocycles. The standard InChI is InChI=1S/C41H37ClN6O.C8H7NO5/c1-2-3-23-38-43-39(42)37(29-49)47(38)28-30-24-26-31(27-25-30)35-21-13-14-22-36(35)40-44-45-46-48(40)41(32-15-7-4-8-16-32,33-17-9-5-10-18-33)34-19-11-6-12-20-34;10-8(11)7-3-1-2-6(4-7)5-14-9(12)13/h4-22,24-27,49H,2-3,23,28-29H2,1H3;1-4H,5H2,(H,10,11). The maximum Gasteiger partial charge on any atom is 0.335 e. The molecule has 318 valence electrons. The molecule has 8 aromatic rings. The van der Waals surface area contributed by atoms with E-state index in [0.717, 1.165) is 64.0 Å². The number of carboxylic acid groups (broad SMARTS) is 1. The van der Waals surface area contributed by atoms with Gasteiger partial charge < -0.3 is 19.6 Å². The van der Waals surface area contributed by atoms with Gasteiger partial charge in [-0.2, -0.15) is 0 Å². The lowest BCUT2D eigenvalue weighted by atomic mass is 9.77. The molecule has 14 heteroatoms. The highest BCUT2D eigenvalue weighted by Crippen LogP contribution is 2.43. The molecule has 0 aliphatic heterocycles. The van der Waals surface area contributed by atoms with Gasteiger partial charge in [0.05, 0.1) is 17.9 Å². The summed E-state index contributed by atoms with van der Waals surface area (Å²) in [6.45, 7) is 2.33. The van der Waals surface area contributed by atoms with Crippen LogP contribution in [0.3, 0.4) is 0 Å². The maximum atomic E-state index is 10.5. The van der Waals surface area contributed by atoms with Crippen LogP contribution in [0.1, 0.15) is 69.5 Å². The number of hydrogen-bond acceptors (Lipinski definition) is 9. The van der Waals surface area contributed by atoms with E-state index in [0.29, 0.717) is 28.8 Å². The number of carbonyl (C=O) groups is 1. The van der Waals surface area contributed by atoms with Crippen LogP contribution >= 0.6 is 11.6 Å². The Bertz CT molecular complexity index is 2670. The molecule has 0 fully saturated rings. The predicted molar refractivity (Wildman–Crippen MR) is 239 cm³/mol. The van der Waals surface area contributed by atoms with Gasteiger partial charge >= 0.3 is 5.97 Å². The number of imidazole rings is 1. The highest BCUT2D eigenvalue weighted by Gasteiger charge is 2.42. The molecule has 63 heavy (non-hydrogen) atoms. The van der Waals surface area contributed by atoms with Crippen LogP contribution in [0.4, 0.5) is 0 Å². The summed E-state index contributed by atoms with van der Waals surface area (Å²) in [6, 6.07) is 53.8. The van der Waals surface area contributed by atoms with E-state index in [1.807, 2.05) is 39.6 Å². The van der Waals surface area contributed by atoms with Crippen LogP contribution in [0.2, 0.25) is 5.15 Å². The number of aromatic nitrogens is 6. The lowest BCUT2D eigenvalue weighted by molar-refractivity contribution is -0.763. The summed E-state index contributed by atoms with van der Waals surface area (Å²) in [6.07, 6.45) is 2.87. The SMILES string of the molecule is CCCCc1nc(Cl)c(CO)n1Cc1ccc(-c2ccccc2-c2nnnn2C(c2ccccc2)(c2ccccc2)c2ccccc2)cc1.O=C(O)c1cccc(CO[N+](=O)[O-])c1. The molecular weight excluding hydrogens is 818 g/mol. The van der Waals surface area contributed by atoms with Crippen LogP contribution < -0.4 is 0 Å². The van der Waals surface area contributed by atoms with Gasteiger partial charge in [0, 0.05) is 18.5 Å². The maximum absolute atomic E-state index is 10.5. The van der Waals surface area contributed by atoms with Gasteiger partial charge in [0.2, 0.25) is 0 Å². The lowest BCUT2D eigenvalue weighted by Crippen LogP contribution is -2.39. The zero-order valence-electron chi connectivity index (χ0n) is 34.4. The number of rotatable bonds is 16. The molecule has 2 N–H and O–H groups in total. The van der Waals surface area contributed by atoms with Crippen LogP contribution in [-0.4, -0.2) is 51.0 Å². The van der Waals surface area contributed by atoms with Crippen LogP contribution in [0.15, 0.2) is 164 Å². The predicted octanol–water partition coefficient (Wildman–Crippen LogP) is 9.67. The molecule has 0 spiro atoms. The molecule has 2 aromatic heterocycles. The molecule has 6 aromatic carbocycles. The van der Waals surface area contributed by atoms with Crippen molar-refractivity contribution >= 4 is 17.6 Å². The van der Waals surface area contributed by atoms with E-state index in [1.54, 1.807) is 6.07 Å². The molecule has 0 bridgehead atoms. The zero-order chi connectivity index (χ0) is 44.2. The number of hydrogen-bond donors (Lipinski definition) is 2. The van der Waals surface area contributed by atoms with Crippen molar-refractivity contribution in [1.82, 2.24) is 29.8 Å². The molecule has 0 saturated heterocycles. The molecule has 0 atom stereocenters. The Morgan fingerprint density at radius 3 is 1.92 bits per heavy atom. The first-order valence-corrected chi connectivity index (χ1v) is 20.7. The van der Waals surface area contributed by atoms with Crippen molar-refractivity contribution in [2.24, 2.45) is 0 Å².